The summed E-state index contributed by atoms with van der Waals surface area (Å²) in [4.78, 5) is 27.3. The predicted octanol–water partition coefficient (Wildman–Crippen LogP) is 1.34. The van der Waals surface area contributed by atoms with Crippen molar-refractivity contribution < 1.29 is 28.3 Å². The molecule has 1 aliphatic rings. The summed E-state index contributed by atoms with van der Waals surface area (Å²) >= 11 is 0. The molecule has 1 aromatic heterocycles. The average Bonchev–Trinajstić information content (AvgIpc) is 3.36. The van der Waals surface area contributed by atoms with E-state index >= 15 is 0 Å². The molecule has 138 valence electrons. The largest absolute Gasteiger partial charge is 0.485 e. The van der Waals surface area contributed by atoms with Gasteiger partial charge in [-0.3, -0.25) is 4.79 Å². The van der Waals surface area contributed by atoms with Gasteiger partial charge >= 0.3 is 17.8 Å². The maximum Gasteiger partial charge on any atom is 0.337 e. The number of ether oxygens (including phenoxy) is 3. The molecule has 1 amide bonds. The number of nitrogens with one attached hydrogen (secondary N) is 1. The van der Waals surface area contributed by atoms with E-state index < -0.39 is 11.9 Å². The molecule has 0 aliphatic carbocycles. The molecule has 1 atom stereocenters. The lowest BCUT2D eigenvalue weighted by Gasteiger charge is -2.08. The van der Waals surface area contributed by atoms with Gasteiger partial charge in [-0.15, -0.1) is 0 Å². The Hall–Kier alpha value is -2.94. The van der Waals surface area contributed by atoms with Crippen molar-refractivity contribution in [3.63, 3.8) is 0 Å². The summed E-state index contributed by atoms with van der Waals surface area (Å²) < 4.78 is 20.5. The third-order valence-corrected chi connectivity index (χ3v) is 3.82. The van der Waals surface area contributed by atoms with Crippen LogP contribution in [0.3, 0.4) is 0 Å². The van der Waals surface area contributed by atoms with Gasteiger partial charge in [0.15, 0.2) is 6.61 Å². The summed E-state index contributed by atoms with van der Waals surface area (Å²) in [5.74, 6) is -0.228. The van der Waals surface area contributed by atoms with E-state index in [2.05, 4.69) is 20.2 Å². The Bertz CT molecular complexity index is 752. The minimum absolute atomic E-state index is 0.0279. The first-order valence-electron chi connectivity index (χ1n) is 8.19. The van der Waals surface area contributed by atoms with Gasteiger partial charge in [-0.2, -0.15) is 4.98 Å². The smallest absolute Gasteiger partial charge is 0.337 e. The number of carbonyl (C=O) groups excluding carboxylic acids is 2. The van der Waals surface area contributed by atoms with Crippen molar-refractivity contribution in [3.8, 4) is 5.75 Å². The first kappa shape index (κ1) is 17.9. The van der Waals surface area contributed by atoms with E-state index in [1.807, 2.05) is 0 Å². The molecule has 1 aromatic carbocycles. The second-order valence-corrected chi connectivity index (χ2v) is 5.67. The van der Waals surface area contributed by atoms with Crippen molar-refractivity contribution in [1.29, 1.82) is 0 Å². The van der Waals surface area contributed by atoms with Gasteiger partial charge in [-0.05, 0) is 37.1 Å². The molecule has 0 saturated carbocycles. The molecule has 0 bridgehead atoms. The lowest BCUT2D eigenvalue weighted by Crippen LogP contribution is -2.31. The Morgan fingerprint density at radius 2 is 2.12 bits per heavy atom. The quantitative estimate of drug-likeness (QED) is 0.735. The van der Waals surface area contributed by atoms with Crippen LogP contribution < -0.4 is 10.1 Å². The number of aromatic nitrogens is 2. The highest BCUT2D eigenvalue weighted by Crippen LogP contribution is 2.14. The highest BCUT2D eigenvalue weighted by Gasteiger charge is 2.20. The van der Waals surface area contributed by atoms with E-state index in [0.29, 0.717) is 17.9 Å². The van der Waals surface area contributed by atoms with Crippen molar-refractivity contribution in [1.82, 2.24) is 15.5 Å². The van der Waals surface area contributed by atoms with Crippen LogP contribution in [0.5, 0.6) is 5.75 Å². The van der Waals surface area contributed by atoms with Crippen LogP contribution in [0.1, 0.15) is 39.7 Å². The van der Waals surface area contributed by atoms with Crippen LogP contribution in [0.15, 0.2) is 28.8 Å². The Kier molecular flexibility index (Phi) is 5.80. The molecule has 1 unspecified atom stereocenters. The third kappa shape index (κ3) is 4.57. The molecular weight excluding hydrogens is 342 g/mol. The van der Waals surface area contributed by atoms with Gasteiger partial charge < -0.3 is 24.1 Å². The number of nitrogens with zero attached hydrogens (tertiary/aromatic N) is 2. The summed E-state index contributed by atoms with van der Waals surface area (Å²) in [6.45, 7) is 1.17. The van der Waals surface area contributed by atoms with Gasteiger partial charge in [-0.25, -0.2) is 4.79 Å². The predicted molar refractivity (Wildman–Crippen MR) is 87.7 cm³/mol. The zero-order valence-corrected chi connectivity index (χ0v) is 14.3. The van der Waals surface area contributed by atoms with Crippen molar-refractivity contribution in [3.05, 3.63) is 41.5 Å². The minimum atomic E-state index is -0.443. The number of esters is 1. The monoisotopic (exact) mass is 361 g/mol. The number of rotatable bonds is 7. The molecular formula is C17H19N3O6. The van der Waals surface area contributed by atoms with Crippen LogP contribution in [0, 0.1) is 0 Å². The molecule has 9 heteroatoms. The van der Waals surface area contributed by atoms with Crippen LogP contribution in [-0.4, -0.2) is 48.4 Å². The molecule has 1 fully saturated rings. The van der Waals surface area contributed by atoms with Gasteiger partial charge in [-0.1, -0.05) is 5.16 Å². The fourth-order valence-electron chi connectivity index (χ4n) is 2.45. The lowest BCUT2D eigenvalue weighted by atomic mass is 10.2. The Labute approximate surface area is 149 Å². The van der Waals surface area contributed by atoms with Gasteiger partial charge in [0.1, 0.15) is 5.75 Å². The molecule has 3 rings (SSSR count). The molecule has 26 heavy (non-hydrogen) atoms. The molecule has 2 aromatic rings. The van der Waals surface area contributed by atoms with Gasteiger partial charge in [0.05, 0.1) is 18.8 Å². The number of hydrogen-bond acceptors (Lipinski definition) is 8. The summed E-state index contributed by atoms with van der Waals surface area (Å²) in [7, 11) is 1.32. The molecule has 1 saturated heterocycles. The highest BCUT2D eigenvalue weighted by molar-refractivity contribution is 5.89. The fraction of sp³-hybridized carbons (Fsp3) is 0.412. The molecule has 0 spiro atoms. The van der Waals surface area contributed by atoms with Crippen LogP contribution >= 0.6 is 0 Å². The summed E-state index contributed by atoms with van der Waals surface area (Å²) in [6, 6.07) is 6.42. The number of hydrogen-bond donors (Lipinski definition) is 1. The molecule has 1 aliphatic heterocycles. The van der Waals surface area contributed by atoms with E-state index in [1.165, 1.54) is 7.11 Å². The molecule has 1 N–H and O–H groups in total. The fourth-order valence-corrected chi connectivity index (χ4v) is 2.45. The summed E-state index contributed by atoms with van der Waals surface area (Å²) in [5, 5.41) is 6.42. The number of methoxy groups -OCH3 is 1. The van der Waals surface area contributed by atoms with Crippen molar-refractivity contribution in [2.24, 2.45) is 0 Å². The van der Waals surface area contributed by atoms with Crippen molar-refractivity contribution >= 4 is 11.9 Å². The van der Waals surface area contributed by atoms with E-state index in [0.717, 1.165) is 19.4 Å². The van der Waals surface area contributed by atoms with E-state index in [-0.39, 0.29) is 24.4 Å². The topological polar surface area (TPSA) is 113 Å². The van der Waals surface area contributed by atoms with Gasteiger partial charge in [0, 0.05) is 13.2 Å². The van der Waals surface area contributed by atoms with E-state index in [1.54, 1.807) is 24.3 Å². The SMILES string of the molecule is COC(=O)c1ccc(OCc2noc(C(=O)NCC3CCCO3)n2)cc1. The Morgan fingerprint density at radius 3 is 2.81 bits per heavy atom. The maximum atomic E-state index is 12.0. The van der Waals surface area contributed by atoms with Crippen LogP contribution in [0.4, 0.5) is 0 Å². The second kappa shape index (κ2) is 8.43. The van der Waals surface area contributed by atoms with Gasteiger partial charge in [0.25, 0.3) is 0 Å². The van der Waals surface area contributed by atoms with Crippen LogP contribution in [0.25, 0.3) is 0 Å². The Balaban J connectivity index is 1.48. The van der Waals surface area contributed by atoms with Crippen LogP contribution in [0.2, 0.25) is 0 Å². The highest BCUT2D eigenvalue weighted by atomic mass is 16.5. The standard InChI is InChI=1S/C17H19N3O6/c1-23-17(22)11-4-6-12(7-5-11)25-10-14-19-16(26-20-14)15(21)18-9-13-3-2-8-24-13/h4-7,13H,2-3,8-10H2,1H3,(H,18,21). The minimum Gasteiger partial charge on any atom is -0.485 e. The van der Waals surface area contributed by atoms with Crippen molar-refractivity contribution in [2.75, 3.05) is 20.3 Å². The lowest BCUT2D eigenvalue weighted by molar-refractivity contribution is 0.0600. The first-order chi connectivity index (χ1) is 12.7. The van der Waals surface area contributed by atoms with E-state index in [4.69, 9.17) is 14.0 Å². The molecule has 2 heterocycles. The van der Waals surface area contributed by atoms with Crippen LogP contribution in [-0.2, 0) is 16.1 Å². The van der Waals surface area contributed by atoms with E-state index in [9.17, 15) is 9.59 Å². The van der Waals surface area contributed by atoms with Gasteiger partial charge in [0.2, 0.25) is 5.82 Å². The normalized spacial score (nSPS) is 16.3. The Morgan fingerprint density at radius 1 is 1.31 bits per heavy atom. The summed E-state index contributed by atoms with van der Waals surface area (Å²) in [5.41, 5.74) is 0.421. The molecule has 0 radical (unpaired) electrons. The third-order valence-electron chi connectivity index (χ3n) is 3.82. The zero-order valence-electron chi connectivity index (χ0n) is 14.3. The first-order valence-corrected chi connectivity index (χ1v) is 8.19. The number of benzene rings is 1. The summed E-state index contributed by atoms with van der Waals surface area (Å²) in [6.07, 6.45) is 1.97. The number of carbonyl (C=O) groups is 2. The zero-order chi connectivity index (χ0) is 18.4. The average molecular weight is 361 g/mol. The van der Waals surface area contributed by atoms with Crippen molar-refractivity contribution in [2.45, 2.75) is 25.6 Å². The molecule has 9 nitrogen and oxygen atoms in total. The maximum absolute atomic E-state index is 12.0. The second-order valence-electron chi connectivity index (χ2n) is 5.67. The number of amides is 1.